The van der Waals surface area contributed by atoms with Crippen LogP contribution in [0, 0.1) is 6.92 Å². The molecule has 6 nitrogen and oxygen atoms in total. The number of nitrogens with one attached hydrogen (secondary N) is 2. The van der Waals surface area contributed by atoms with Crippen LogP contribution in [0.5, 0.6) is 0 Å². The molecule has 0 aliphatic carbocycles. The van der Waals surface area contributed by atoms with Gasteiger partial charge in [-0.3, -0.25) is 9.52 Å². The van der Waals surface area contributed by atoms with E-state index in [-0.39, 0.29) is 4.90 Å². The van der Waals surface area contributed by atoms with Gasteiger partial charge in [-0.25, -0.2) is 13.8 Å². The summed E-state index contributed by atoms with van der Waals surface area (Å²) in [7, 11) is -3.69. The Labute approximate surface area is 182 Å². The van der Waals surface area contributed by atoms with Gasteiger partial charge >= 0.3 is 0 Å². The topological polar surface area (TPSA) is 87.6 Å². The Hall–Kier alpha value is -3.71. The molecule has 0 aliphatic heterocycles. The largest absolute Gasteiger partial charge is 0.280 e. The van der Waals surface area contributed by atoms with Gasteiger partial charge in [0.05, 0.1) is 11.1 Å². The second-order valence-corrected chi connectivity index (χ2v) is 8.68. The van der Waals surface area contributed by atoms with Crippen molar-refractivity contribution in [3.8, 4) is 0 Å². The maximum atomic E-state index is 12.5. The van der Waals surface area contributed by atoms with Crippen LogP contribution in [0.3, 0.4) is 0 Å². The number of sulfonamides is 1. The Morgan fingerprint density at radius 1 is 0.903 bits per heavy atom. The highest BCUT2D eigenvalue weighted by Gasteiger charge is 2.14. The maximum Gasteiger partial charge on any atom is 0.271 e. The maximum absolute atomic E-state index is 12.5. The van der Waals surface area contributed by atoms with E-state index in [4.69, 9.17) is 0 Å². The number of allylic oxidation sites excluding steroid dienone is 1. The number of anilines is 1. The minimum atomic E-state index is -3.69. The van der Waals surface area contributed by atoms with Gasteiger partial charge in [0.2, 0.25) is 0 Å². The second-order valence-electron chi connectivity index (χ2n) is 6.99. The third kappa shape index (κ3) is 6.38. The van der Waals surface area contributed by atoms with Gasteiger partial charge in [0.1, 0.15) is 0 Å². The number of nitrogens with zero attached hydrogens (tertiary/aromatic N) is 1. The van der Waals surface area contributed by atoms with Crippen molar-refractivity contribution in [2.75, 3.05) is 4.72 Å². The molecule has 0 bridgehead atoms. The molecule has 3 rings (SSSR count). The Balaban J connectivity index is 1.60. The van der Waals surface area contributed by atoms with E-state index in [0.717, 1.165) is 16.7 Å². The lowest BCUT2D eigenvalue weighted by Crippen LogP contribution is -2.18. The van der Waals surface area contributed by atoms with Crippen molar-refractivity contribution < 1.29 is 13.2 Å². The second kappa shape index (κ2) is 9.86. The van der Waals surface area contributed by atoms with Gasteiger partial charge in [0.15, 0.2) is 0 Å². The highest BCUT2D eigenvalue weighted by molar-refractivity contribution is 7.92. The zero-order valence-corrected chi connectivity index (χ0v) is 18.1. The SMILES string of the molecule is CC(/C=N\NC(=O)c1ccc(NS(=O)(=O)c2ccc(C)cc2)cc1)=C/c1ccccc1. The molecule has 31 heavy (non-hydrogen) atoms. The highest BCUT2D eigenvalue weighted by Crippen LogP contribution is 2.17. The number of benzene rings is 3. The molecule has 0 spiro atoms. The minimum Gasteiger partial charge on any atom is -0.280 e. The molecule has 0 saturated carbocycles. The van der Waals surface area contributed by atoms with Gasteiger partial charge in [-0.1, -0.05) is 54.1 Å². The van der Waals surface area contributed by atoms with E-state index in [1.807, 2.05) is 50.3 Å². The van der Waals surface area contributed by atoms with E-state index in [1.54, 1.807) is 30.5 Å². The zero-order chi connectivity index (χ0) is 22.3. The Kier molecular flexibility index (Phi) is 6.99. The number of hydrazone groups is 1. The predicted molar refractivity (Wildman–Crippen MR) is 124 cm³/mol. The molecule has 0 radical (unpaired) electrons. The molecule has 7 heteroatoms. The van der Waals surface area contributed by atoms with Crippen LogP contribution in [0.25, 0.3) is 6.08 Å². The van der Waals surface area contributed by atoms with Crippen molar-refractivity contribution in [1.82, 2.24) is 5.43 Å². The Bertz CT molecular complexity index is 1200. The van der Waals surface area contributed by atoms with Crippen LogP contribution >= 0.6 is 0 Å². The van der Waals surface area contributed by atoms with Crippen LogP contribution in [0.1, 0.15) is 28.4 Å². The van der Waals surface area contributed by atoms with E-state index in [2.05, 4.69) is 15.2 Å². The number of hydrogen-bond donors (Lipinski definition) is 2. The van der Waals surface area contributed by atoms with Gasteiger partial charge in [-0.15, -0.1) is 0 Å². The van der Waals surface area contributed by atoms with Crippen LogP contribution in [-0.2, 0) is 10.0 Å². The molecule has 1 amide bonds. The molecule has 0 fully saturated rings. The molecule has 0 aromatic heterocycles. The smallest absolute Gasteiger partial charge is 0.271 e. The molecule has 2 N–H and O–H groups in total. The van der Waals surface area contributed by atoms with Gasteiger partial charge < -0.3 is 0 Å². The molecule has 158 valence electrons. The molecule has 0 atom stereocenters. The van der Waals surface area contributed by atoms with E-state index >= 15 is 0 Å². The summed E-state index contributed by atoms with van der Waals surface area (Å²) in [6.07, 6.45) is 3.51. The normalized spacial score (nSPS) is 12.0. The first kappa shape index (κ1) is 22.0. The van der Waals surface area contributed by atoms with Crippen molar-refractivity contribution in [3.05, 3.63) is 101 Å². The standard InChI is InChI=1S/C24H23N3O3S/c1-18-8-14-23(15-9-18)31(29,30)27-22-12-10-21(11-13-22)24(28)26-25-17-19(2)16-20-6-4-3-5-7-20/h3-17,27H,1-2H3,(H,26,28)/b19-16-,25-17-. The fraction of sp³-hybridized carbons (Fsp3) is 0.0833. The number of carbonyl (C=O) groups excluding carboxylic acids is 1. The summed E-state index contributed by atoms with van der Waals surface area (Å²) in [4.78, 5) is 12.4. The van der Waals surface area contributed by atoms with Crippen LogP contribution in [0.4, 0.5) is 5.69 Å². The molecular formula is C24H23N3O3S. The van der Waals surface area contributed by atoms with Gasteiger partial charge in [0.25, 0.3) is 15.9 Å². The number of rotatable bonds is 7. The van der Waals surface area contributed by atoms with Gasteiger partial charge in [-0.05, 0) is 61.4 Å². The lowest BCUT2D eigenvalue weighted by atomic mass is 10.1. The number of hydrogen-bond acceptors (Lipinski definition) is 4. The molecule has 0 saturated heterocycles. The number of aryl methyl sites for hydroxylation is 1. The lowest BCUT2D eigenvalue weighted by molar-refractivity contribution is 0.0955. The summed E-state index contributed by atoms with van der Waals surface area (Å²) in [5, 5.41) is 3.97. The van der Waals surface area contributed by atoms with E-state index in [9.17, 15) is 13.2 Å². The van der Waals surface area contributed by atoms with E-state index < -0.39 is 15.9 Å². The molecule has 0 unspecified atom stereocenters. The summed E-state index contributed by atoms with van der Waals surface area (Å²) in [5.41, 5.74) is 6.09. The summed E-state index contributed by atoms with van der Waals surface area (Å²) in [6, 6.07) is 22.5. The van der Waals surface area contributed by atoms with Gasteiger partial charge in [-0.2, -0.15) is 5.10 Å². The van der Waals surface area contributed by atoms with Crippen molar-refractivity contribution in [3.63, 3.8) is 0 Å². The Morgan fingerprint density at radius 3 is 2.19 bits per heavy atom. The molecular weight excluding hydrogens is 410 g/mol. The van der Waals surface area contributed by atoms with Crippen LogP contribution < -0.4 is 10.1 Å². The fourth-order valence-electron chi connectivity index (χ4n) is 2.73. The van der Waals surface area contributed by atoms with Crippen LogP contribution in [-0.4, -0.2) is 20.5 Å². The molecule has 0 aliphatic rings. The zero-order valence-electron chi connectivity index (χ0n) is 17.2. The third-order valence-corrected chi connectivity index (χ3v) is 5.76. The fourth-order valence-corrected chi connectivity index (χ4v) is 3.79. The monoisotopic (exact) mass is 433 g/mol. The first-order valence-corrected chi connectivity index (χ1v) is 11.1. The Morgan fingerprint density at radius 2 is 1.55 bits per heavy atom. The first-order valence-electron chi connectivity index (χ1n) is 9.60. The molecule has 3 aromatic rings. The minimum absolute atomic E-state index is 0.174. The van der Waals surface area contributed by atoms with Crippen LogP contribution in [0.15, 0.2) is 94.4 Å². The lowest BCUT2D eigenvalue weighted by Gasteiger charge is -2.09. The average Bonchev–Trinajstić information content (AvgIpc) is 2.75. The van der Waals surface area contributed by atoms with Crippen molar-refractivity contribution in [2.45, 2.75) is 18.7 Å². The van der Waals surface area contributed by atoms with Crippen molar-refractivity contribution >= 4 is 33.9 Å². The summed E-state index contributed by atoms with van der Waals surface area (Å²) in [5.74, 6) is -0.392. The van der Waals surface area contributed by atoms with Gasteiger partial charge in [0, 0.05) is 11.3 Å². The predicted octanol–water partition coefficient (Wildman–Crippen LogP) is 4.61. The quantitative estimate of drug-likeness (QED) is 0.421. The summed E-state index contributed by atoms with van der Waals surface area (Å²) < 4.78 is 27.4. The van der Waals surface area contributed by atoms with E-state index in [0.29, 0.717) is 11.3 Å². The highest BCUT2D eigenvalue weighted by atomic mass is 32.2. The average molecular weight is 434 g/mol. The molecule has 0 heterocycles. The van der Waals surface area contributed by atoms with Crippen molar-refractivity contribution in [1.29, 1.82) is 0 Å². The first-order chi connectivity index (χ1) is 14.8. The summed E-state index contributed by atoms with van der Waals surface area (Å²) in [6.45, 7) is 3.77. The van der Waals surface area contributed by atoms with Crippen molar-refractivity contribution in [2.24, 2.45) is 5.10 Å². The number of carbonyl (C=O) groups is 1. The van der Waals surface area contributed by atoms with E-state index in [1.165, 1.54) is 24.3 Å². The van der Waals surface area contributed by atoms with Crippen LogP contribution in [0.2, 0.25) is 0 Å². The number of amides is 1. The molecule has 3 aromatic carbocycles. The summed E-state index contributed by atoms with van der Waals surface area (Å²) >= 11 is 0. The third-order valence-electron chi connectivity index (χ3n) is 4.36.